The van der Waals surface area contributed by atoms with Gasteiger partial charge in [0.05, 0.1) is 0 Å². The summed E-state index contributed by atoms with van der Waals surface area (Å²) in [5.74, 6) is 1.55. The van der Waals surface area contributed by atoms with E-state index in [4.69, 9.17) is 5.73 Å². The van der Waals surface area contributed by atoms with Crippen molar-refractivity contribution in [3.05, 3.63) is 35.9 Å². The molecule has 0 radical (unpaired) electrons. The first-order valence-corrected chi connectivity index (χ1v) is 5.40. The monoisotopic (exact) mass is 189 g/mol. The normalized spacial score (nSPS) is 26.2. The Balaban J connectivity index is 2.07. The molecule has 0 saturated heterocycles. The van der Waals surface area contributed by atoms with Crippen molar-refractivity contribution in [1.29, 1.82) is 0 Å². The second-order valence-electron chi connectivity index (χ2n) is 5.05. The molecule has 1 heteroatoms. The molecule has 0 bridgehead atoms. The van der Waals surface area contributed by atoms with Crippen LogP contribution in [-0.2, 0) is 0 Å². The molecular formula is C13H19N. The molecule has 1 aliphatic rings. The Morgan fingerprint density at radius 1 is 1.29 bits per heavy atom. The van der Waals surface area contributed by atoms with Gasteiger partial charge in [0.15, 0.2) is 0 Å². The Hall–Kier alpha value is -0.820. The van der Waals surface area contributed by atoms with Gasteiger partial charge in [-0.25, -0.2) is 0 Å². The fourth-order valence-electron chi connectivity index (χ4n) is 2.28. The highest BCUT2D eigenvalue weighted by Crippen LogP contribution is 2.56. The summed E-state index contributed by atoms with van der Waals surface area (Å²) in [5, 5.41) is 0. The van der Waals surface area contributed by atoms with Gasteiger partial charge in [0, 0.05) is 0 Å². The van der Waals surface area contributed by atoms with Crippen molar-refractivity contribution in [1.82, 2.24) is 0 Å². The molecule has 1 aromatic carbocycles. The molecule has 0 amide bonds. The first-order valence-electron chi connectivity index (χ1n) is 5.40. The van der Waals surface area contributed by atoms with Crippen molar-refractivity contribution < 1.29 is 0 Å². The maximum Gasteiger partial charge on any atom is -0.00229 e. The topological polar surface area (TPSA) is 26.0 Å². The van der Waals surface area contributed by atoms with Crippen LogP contribution in [0.5, 0.6) is 0 Å². The highest BCUT2D eigenvalue weighted by molar-refractivity contribution is 5.26. The molecule has 2 rings (SSSR count). The van der Waals surface area contributed by atoms with Crippen LogP contribution in [0.2, 0.25) is 0 Å². The van der Waals surface area contributed by atoms with E-state index < -0.39 is 0 Å². The summed E-state index contributed by atoms with van der Waals surface area (Å²) in [4.78, 5) is 0. The van der Waals surface area contributed by atoms with E-state index in [1.165, 1.54) is 12.0 Å². The lowest BCUT2D eigenvalue weighted by Crippen LogP contribution is -2.26. The minimum atomic E-state index is 0.306. The SMILES string of the molecule is CC(C)(CN)C1CC1c1ccccc1. The molecular weight excluding hydrogens is 170 g/mol. The Labute approximate surface area is 86.3 Å². The van der Waals surface area contributed by atoms with Crippen molar-refractivity contribution in [3.63, 3.8) is 0 Å². The number of hydrogen-bond donors (Lipinski definition) is 1. The van der Waals surface area contributed by atoms with Gasteiger partial charge in [-0.2, -0.15) is 0 Å². The number of benzene rings is 1. The zero-order chi connectivity index (χ0) is 10.2. The van der Waals surface area contributed by atoms with Gasteiger partial charge in [0.2, 0.25) is 0 Å². The molecule has 2 unspecified atom stereocenters. The molecule has 1 aromatic rings. The molecule has 1 fully saturated rings. The van der Waals surface area contributed by atoms with E-state index in [9.17, 15) is 0 Å². The van der Waals surface area contributed by atoms with Crippen molar-refractivity contribution in [2.24, 2.45) is 17.1 Å². The summed E-state index contributed by atoms with van der Waals surface area (Å²) in [7, 11) is 0. The van der Waals surface area contributed by atoms with Crippen LogP contribution >= 0.6 is 0 Å². The van der Waals surface area contributed by atoms with Gasteiger partial charge in [0.1, 0.15) is 0 Å². The summed E-state index contributed by atoms with van der Waals surface area (Å²) in [6.45, 7) is 5.35. The van der Waals surface area contributed by atoms with Gasteiger partial charge in [-0.3, -0.25) is 0 Å². The van der Waals surface area contributed by atoms with Crippen LogP contribution in [0.3, 0.4) is 0 Å². The third-order valence-corrected chi connectivity index (χ3v) is 3.55. The lowest BCUT2D eigenvalue weighted by Gasteiger charge is -2.22. The predicted octanol–water partition coefficient (Wildman–Crippen LogP) is 2.78. The molecule has 0 spiro atoms. The molecule has 0 heterocycles. The van der Waals surface area contributed by atoms with Crippen LogP contribution in [0.4, 0.5) is 0 Å². The summed E-state index contributed by atoms with van der Waals surface area (Å²) in [6, 6.07) is 10.8. The van der Waals surface area contributed by atoms with Gasteiger partial charge in [-0.15, -0.1) is 0 Å². The molecule has 1 saturated carbocycles. The van der Waals surface area contributed by atoms with Gasteiger partial charge < -0.3 is 5.73 Å². The number of rotatable bonds is 3. The molecule has 76 valence electrons. The van der Waals surface area contributed by atoms with E-state index in [2.05, 4.69) is 44.2 Å². The van der Waals surface area contributed by atoms with Crippen molar-refractivity contribution in [2.75, 3.05) is 6.54 Å². The van der Waals surface area contributed by atoms with E-state index >= 15 is 0 Å². The number of nitrogens with two attached hydrogens (primary N) is 1. The quantitative estimate of drug-likeness (QED) is 0.777. The highest BCUT2D eigenvalue weighted by atomic mass is 14.6. The first kappa shape index (κ1) is 9.72. The third-order valence-electron chi connectivity index (χ3n) is 3.55. The van der Waals surface area contributed by atoms with Crippen molar-refractivity contribution in [3.8, 4) is 0 Å². The highest BCUT2D eigenvalue weighted by Gasteiger charge is 2.47. The van der Waals surface area contributed by atoms with E-state index in [0.29, 0.717) is 5.41 Å². The second kappa shape index (κ2) is 3.39. The summed E-state index contributed by atoms with van der Waals surface area (Å²) < 4.78 is 0. The second-order valence-corrected chi connectivity index (χ2v) is 5.05. The Morgan fingerprint density at radius 3 is 2.50 bits per heavy atom. The summed E-state index contributed by atoms with van der Waals surface area (Å²) in [6.07, 6.45) is 1.31. The predicted molar refractivity (Wildman–Crippen MR) is 60.1 cm³/mol. The van der Waals surface area contributed by atoms with Crippen LogP contribution < -0.4 is 5.73 Å². The Morgan fingerprint density at radius 2 is 1.93 bits per heavy atom. The molecule has 0 aromatic heterocycles. The summed E-state index contributed by atoms with van der Waals surface area (Å²) >= 11 is 0. The van der Waals surface area contributed by atoms with Crippen molar-refractivity contribution in [2.45, 2.75) is 26.2 Å². The van der Waals surface area contributed by atoms with E-state index in [1.54, 1.807) is 0 Å². The smallest absolute Gasteiger partial charge is 0.00229 e. The summed E-state index contributed by atoms with van der Waals surface area (Å²) in [5.41, 5.74) is 7.58. The molecule has 1 nitrogen and oxygen atoms in total. The van der Waals surface area contributed by atoms with Crippen LogP contribution in [0.15, 0.2) is 30.3 Å². The fraction of sp³-hybridized carbons (Fsp3) is 0.538. The van der Waals surface area contributed by atoms with Gasteiger partial charge in [-0.1, -0.05) is 44.2 Å². The lowest BCUT2D eigenvalue weighted by molar-refractivity contribution is 0.315. The largest absolute Gasteiger partial charge is 0.330 e. The number of hydrogen-bond acceptors (Lipinski definition) is 1. The third kappa shape index (κ3) is 1.69. The van der Waals surface area contributed by atoms with E-state index in [1.807, 2.05) is 0 Å². The van der Waals surface area contributed by atoms with Gasteiger partial charge in [-0.05, 0) is 35.8 Å². The average Bonchev–Trinajstić information content (AvgIpc) is 2.99. The average molecular weight is 189 g/mol. The molecule has 2 atom stereocenters. The standard InChI is InChI=1S/C13H19N/c1-13(2,9-14)12-8-11(12)10-6-4-3-5-7-10/h3-7,11-12H,8-9,14H2,1-2H3. The van der Waals surface area contributed by atoms with Gasteiger partial charge >= 0.3 is 0 Å². The molecule has 2 N–H and O–H groups in total. The van der Waals surface area contributed by atoms with Crippen LogP contribution in [-0.4, -0.2) is 6.54 Å². The first-order chi connectivity index (χ1) is 6.65. The fourth-order valence-corrected chi connectivity index (χ4v) is 2.28. The Bertz CT molecular complexity index is 302. The lowest BCUT2D eigenvalue weighted by atomic mass is 9.85. The van der Waals surface area contributed by atoms with Crippen LogP contribution in [0.1, 0.15) is 31.7 Å². The zero-order valence-corrected chi connectivity index (χ0v) is 9.03. The zero-order valence-electron chi connectivity index (χ0n) is 9.03. The molecule has 14 heavy (non-hydrogen) atoms. The molecule has 1 aliphatic carbocycles. The molecule has 0 aliphatic heterocycles. The van der Waals surface area contributed by atoms with E-state index in [0.717, 1.165) is 18.4 Å². The van der Waals surface area contributed by atoms with Crippen LogP contribution in [0.25, 0.3) is 0 Å². The van der Waals surface area contributed by atoms with Gasteiger partial charge in [0.25, 0.3) is 0 Å². The minimum absolute atomic E-state index is 0.306. The minimum Gasteiger partial charge on any atom is -0.330 e. The van der Waals surface area contributed by atoms with Crippen molar-refractivity contribution >= 4 is 0 Å². The van der Waals surface area contributed by atoms with E-state index in [-0.39, 0.29) is 0 Å². The van der Waals surface area contributed by atoms with Crippen LogP contribution in [0, 0.1) is 11.3 Å². The Kier molecular flexibility index (Phi) is 2.36. The maximum atomic E-state index is 5.79. The maximum absolute atomic E-state index is 5.79.